The van der Waals surface area contributed by atoms with Crippen LogP contribution in [0.3, 0.4) is 0 Å². The molecular formula is C10H13BrFN. The molecule has 0 aromatic heterocycles. The van der Waals surface area contributed by atoms with Gasteiger partial charge in [-0.3, -0.25) is 0 Å². The van der Waals surface area contributed by atoms with Gasteiger partial charge in [0.2, 0.25) is 0 Å². The molecule has 0 saturated heterocycles. The number of hydrogen-bond donors (Lipinski definition) is 1. The molecule has 0 radical (unpaired) electrons. The zero-order valence-electron chi connectivity index (χ0n) is 7.77. The Balaban J connectivity index is 3.03. The first-order valence-corrected chi connectivity index (χ1v) is 5.10. The molecule has 0 aliphatic heterocycles. The summed E-state index contributed by atoms with van der Waals surface area (Å²) < 4.78 is 14.2. The maximum Gasteiger partial charge on any atom is 0.128 e. The summed E-state index contributed by atoms with van der Waals surface area (Å²) in [5, 5.41) is 3.08. The lowest BCUT2D eigenvalue weighted by atomic mass is 10.0. The van der Waals surface area contributed by atoms with Gasteiger partial charge < -0.3 is 5.32 Å². The minimum Gasteiger partial charge on any atom is -0.313 e. The van der Waals surface area contributed by atoms with Crippen molar-refractivity contribution in [3.05, 3.63) is 34.1 Å². The van der Waals surface area contributed by atoms with E-state index in [4.69, 9.17) is 0 Å². The summed E-state index contributed by atoms with van der Waals surface area (Å²) in [7, 11) is 1.84. The predicted molar refractivity (Wildman–Crippen MR) is 56.2 cm³/mol. The fourth-order valence-electron chi connectivity index (χ4n) is 1.36. The molecule has 1 N–H and O–H groups in total. The van der Waals surface area contributed by atoms with Crippen LogP contribution in [-0.2, 0) is 0 Å². The maximum atomic E-state index is 13.3. The van der Waals surface area contributed by atoms with Crippen molar-refractivity contribution in [2.75, 3.05) is 7.05 Å². The molecule has 1 rings (SSSR count). The molecule has 72 valence electrons. The van der Waals surface area contributed by atoms with Gasteiger partial charge in [-0.1, -0.05) is 22.9 Å². The third kappa shape index (κ3) is 2.51. The second-order valence-corrected chi connectivity index (χ2v) is 3.83. The molecule has 1 nitrogen and oxygen atoms in total. The van der Waals surface area contributed by atoms with Crippen molar-refractivity contribution in [2.45, 2.75) is 19.4 Å². The van der Waals surface area contributed by atoms with Gasteiger partial charge in [-0.15, -0.1) is 0 Å². The average Bonchev–Trinajstić information content (AvgIpc) is 2.13. The van der Waals surface area contributed by atoms with Gasteiger partial charge in [0.1, 0.15) is 5.82 Å². The minimum atomic E-state index is -0.149. The molecule has 0 aliphatic carbocycles. The van der Waals surface area contributed by atoms with Crippen LogP contribution in [0, 0.1) is 5.82 Å². The third-order valence-corrected chi connectivity index (χ3v) is 2.58. The summed E-state index contributed by atoms with van der Waals surface area (Å²) in [5.41, 5.74) is 0.722. The summed E-state index contributed by atoms with van der Waals surface area (Å²) in [6.45, 7) is 2.03. The van der Waals surface area contributed by atoms with E-state index in [0.717, 1.165) is 16.5 Å². The highest BCUT2D eigenvalue weighted by molar-refractivity contribution is 9.10. The lowest BCUT2D eigenvalue weighted by Gasteiger charge is -2.15. The molecule has 0 spiro atoms. The Morgan fingerprint density at radius 2 is 2.23 bits per heavy atom. The summed E-state index contributed by atoms with van der Waals surface area (Å²) in [6, 6.07) is 5.11. The van der Waals surface area contributed by atoms with Gasteiger partial charge in [0.05, 0.1) is 0 Å². The minimum absolute atomic E-state index is 0.0949. The first-order chi connectivity index (χ1) is 6.19. The van der Waals surface area contributed by atoms with Crippen LogP contribution < -0.4 is 5.32 Å². The van der Waals surface area contributed by atoms with E-state index >= 15 is 0 Å². The number of halogens is 2. The van der Waals surface area contributed by atoms with Gasteiger partial charge in [-0.2, -0.15) is 0 Å². The summed E-state index contributed by atoms with van der Waals surface area (Å²) in [6.07, 6.45) is 0.879. The Morgan fingerprint density at radius 3 is 2.77 bits per heavy atom. The Labute approximate surface area is 86.5 Å². The highest BCUT2D eigenvalue weighted by atomic mass is 79.9. The molecule has 0 saturated carbocycles. The normalized spacial score (nSPS) is 12.9. The number of nitrogens with one attached hydrogen (secondary N) is 1. The molecule has 1 atom stereocenters. The van der Waals surface area contributed by atoms with Gasteiger partial charge >= 0.3 is 0 Å². The molecule has 1 aromatic rings. The topological polar surface area (TPSA) is 12.0 Å². The van der Waals surface area contributed by atoms with Crippen molar-refractivity contribution < 1.29 is 4.39 Å². The molecule has 1 unspecified atom stereocenters. The quantitative estimate of drug-likeness (QED) is 0.863. The van der Waals surface area contributed by atoms with E-state index < -0.39 is 0 Å². The number of hydrogen-bond acceptors (Lipinski definition) is 1. The summed E-state index contributed by atoms with van der Waals surface area (Å²) in [4.78, 5) is 0. The zero-order chi connectivity index (χ0) is 9.84. The maximum absolute atomic E-state index is 13.3. The Bertz CT molecular complexity index is 284. The van der Waals surface area contributed by atoms with Crippen LogP contribution in [0.15, 0.2) is 22.7 Å². The monoisotopic (exact) mass is 245 g/mol. The van der Waals surface area contributed by atoms with E-state index in [1.54, 1.807) is 6.07 Å². The molecular weight excluding hydrogens is 233 g/mol. The van der Waals surface area contributed by atoms with E-state index in [0.29, 0.717) is 0 Å². The van der Waals surface area contributed by atoms with Crippen molar-refractivity contribution in [3.8, 4) is 0 Å². The number of benzene rings is 1. The van der Waals surface area contributed by atoms with Crippen molar-refractivity contribution in [1.82, 2.24) is 5.32 Å². The molecule has 1 aromatic carbocycles. The molecule has 3 heteroatoms. The smallest absolute Gasteiger partial charge is 0.128 e. The molecule has 0 fully saturated rings. The lowest BCUT2D eigenvalue weighted by Crippen LogP contribution is -2.16. The van der Waals surface area contributed by atoms with E-state index in [9.17, 15) is 4.39 Å². The van der Waals surface area contributed by atoms with Crippen molar-refractivity contribution >= 4 is 15.9 Å². The first kappa shape index (κ1) is 10.7. The van der Waals surface area contributed by atoms with Crippen LogP contribution >= 0.6 is 15.9 Å². The van der Waals surface area contributed by atoms with E-state index in [1.165, 1.54) is 6.07 Å². The average molecular weight is 246 g/mol. The largest absolute Gasteiger partial charge is 0.313 e. The fourth-order valence-corrected chi connectivity index (χ4v) is 1.74. The molecule has 0 heterocycles. The van der Waals surface area contributed by atoms with Gasteiger partial charge in [0.15, 0.2) is 0 Å². The van der Waals surface area contributed by atoms with Crippen LogP contribution in [-0.4, -0.2) is 7.05 Å². The molecule has 0 bridgehead atoms. The van der Waals surface area contributed by atoms with Crippen molar-refractivity contribution in [1.29, 1.82) is 0 Å². The standard InChI is InChI=1S/C10H13BrFN/c1-3-10(13-2)8-6-7(11)4-5-9(8)12/h4-6,10,13H,3H2,1-2H3. The Morgan fingerprint density at radius 1 is 1.54 bits per heavy atom. The lowest BCUT2D eigenvalue weighted by molar-refractivity contribution is 0.525. The van der Waals surface area contributed by atoms with Gasteiger partial charge in [-0.25, -0.2) is 4.39 Å². The predicted octanol–water partition coefficient (Wildman–Crippen LogP) is 3.26. The van der Waals surface area contributed by atoms with Crippen LogP contribution in [0.25, 0.3) is 0 Å². The highest BCUT2D eigenvalue weighted by Crippen LogP contribution is 2.23. The highest BCUT2D eigenvalue weighted by Gasteiger charge is 2.11. The van der Waals surface area contributed by atoms with E-state index in [2.05, 4.69) is 21.2 Å². The third-order valence-electron chi connectivity index (χ3n) is 2.09. The van der Waals surface area contributed by atoms with Gasteiger partial charge in [0, 0.05) is 16.1 Å². The first-order valence-electron chi connectivity index (χ1n) is 4.31. The number of rotatable bonds is 3. The van der Waals surface area contributed by atoms with Gasteiger partial charge in [-0.05, 0) is 31.7 Å². The summed E-state index contributed by atoms with van der Waals surface area (Å²) >= 11 is 3.33. The van der Waals surface area contributed by atoms with Crippen LogP contribution in [0.2, 0.25) is 0 Å². The summed E-state index contributed by atoms with van der Waals surface area (Å²) in [5.74, 6) is -0.149. The second kappa shape index (κ2) is 4.72. The second-order valence-electron chi connectivity index (χ2n) is 2.92. The van der Waals surface area contributed by atoms with Gasteiger partial charge in [0.25, 0.3) is 0 Å². The fraction of sp³-hybridized carbons (Fsp3) is 0.400. The SMILES string of the molecule is CCC(NC)c1cc(Br)ccc1F. The van der Waals surface area contributed by atoms with Crippen molar-refractivity contribution in [3.63, 3.8) is 0 Å². The zero-order valence-corrected chi connectivity index (χ0v) is 9.36. The molecule has 13 heavy (non-hydrogen) atoms. The Hall–Kier alpha value is -0.410. The van der Waals surface area contributed by atoms with Crippen LogP contribution in [0.1, 0.15) is 24.9 Å². The van der Waals surface area contributed by atoms with E-state index in [1.807, 2.05) is 20.0 Å². The molecule has 0 amide bonds. The van der Waals surface area contributed by atoms with E-state index in [-0.39, 0.29) is 11.9 Å². The van der Waals surface area contributed by atoms with Crippen molar-refractivity contribution in [2.24, 2.45) is 0 Å². The Kier molecular flexibility index (Phi) is 3.88. The van der Waals surface area contributed by atoms with Crippen LogP contribution in [0.4, 0.5) is 4.39 Å². The van der Waals surface area contributed by atoms with Crippen LogP contribution in [0.5, 0.6) is 0 Å². The molecule has 0 aliphatic rings.